The number of ether oxygens (including phenoxy) is 1. The average molecular weight is 160 g/mol. The van der Waals surface area contributed by atoms with Crippen LogP contribution < -0.4 is 0 Å². The smallest absolute Gasteiger partial charge is 0.112 e. The van der Waals surface area contributed by atoms with Gasteiger partial charge in [-0.15, -0.1) is 0 Å². The van der Waals surface area contributed by atoms with Crippen molar-refractivity contribution in [2.45, 2.75) is 6.61 Å². The molecule has 0 heterocycles. The van der Waals surface area contributed by atoms with Gasteiger partial charge in [0.1, 0.15) is 6.61 Å². The standard InChI is InChI=1S/C11H12O/c1-2-3-9-12-10-11-7-5-4-6-8-11/h2-9H,1,10H2/b9-3-. The van der Waals surface area contributed by atoms with Gasteiger partial charge < -0.3 is 4.74 Å². The molecule has 0 bridgehead atoms. The minimum Gasteiger partial charge on any atom is -0.497 e. The Morgan fingerprint density at radius 1 is 1.25 bits per heavy atom. The van der Waals surface area contributed by atoms with Crippen LogP contribution in [-0.2, 0) is 11.3 Å². The second-order valence-corrected chi connectivity index (χ2v) is 2.36. The van der Waals surface area contributed by atoms with Crippen molar-refractivity contribution in [1.82, 2.24) is 0 Å². The van der Waals surface area contributed by atoms with Gasteiger partial charge in [-0.2, -0.15) is 0 Å². The maximum atomic E-state index is 5.21. The molecule has 0 aliphatic carbocycles. The third-order valence-electron chi connectivity index (χ3n) is 1.40. The van der Waals surface area contributed by atoms with E-state index in [0.717, 1.165) is 0 Å². The Morgan fingerprint density at radius 2 is 2.00 bits per heavy atom. The normalized spacial score (nSPS) is 10.0. The Kier molecular flexibility index (Phi) is 3.72. The van der Waals surface area contributed by atoms with Gasteiger partial charge in [0.25, 0.3) is 0 Å². The van der Waals surface area contributed by atoms with E-state index in [9.17, 15) is 0 Å². The average Bonchev–Trinajstić information content (AvgIpc) is 2.14. The molecular formula is C11H12O. The van der Waals surface area contributed by atoms with Crippen molar-refractivity contribution in [1.29, 1.82) is 0 Å². The van der Waals surface area contributed by atoms with Crippen molar-refractivity contribution in [3.8, 4) is 0 Å². The molecule has 0 unspecified atom stereocenters. The molecule has 62 valence electrons. The SMILES string of the molecule is C=C/C=C\OCc1ccccc1. The predicted octanol–water partition coefficient (Wildman–Crippen LogP) is 2.90. The number of allylic oxidation sites excluding steroid dienone is 2. The maximum Gasteiger partial charge on any atom is 0.112 e. The molecule has 0 aromatic heterocycles. The summed E-state index contributed by atoms with van der Waals surface area (Å²) in [6, 6.07) is 10.0. The van der Waals surface area contributed by atoms with Gasteiger partial charge in [-0.05, 0) is 11.6 Å². The molecule has 12 heavy (non-hydrogen) atoms. The van der Waals surface area contributed by atoms with Crippen molar-refractivity contribution in [2.24, 2.45) is 0 Å². The minimum absolute atomic E-state index is 0.616. The van der Waals surface area contributed by atoms with Crippen molar-refractivity contribution < 1.29 is 4.74 Å². The molecule has 1 aromatic carbocycles. The molecule has 1 rings (SSSR count). The Labute approximate surface area is 73.0 Å². The van der Waals surface area contributed by atoms with E-state index in [-0.39, 0.29) is 0 Å². The van der Waals surface area contributed by atoms with Crippen LogP contribution in [0.15, 0.2) is 55.3 Å². The molecule has 0 atom stereocenters. The highest BCUT2D eigenvalue weighted by atomic mass is 16.5. The van der Waals surface area contributed by atoms with Gasteiger partial charge in [-0.1, -0.05) is 43.0 Å². The third kappa shape index (κ3) is 3.06. The molecule has 0 aliphatic heterocycles. The largest absolute Gasteiger partial charge is 0.497 e. The van der Waals surface area contributed by atoms with Crippen molar-refractivity contribution in [3.63, 3.8) is 0 Å². The van der Waals surface area contributed by atoms with Gasteiger partial charge >= 0.3 is 0 Å². The second-order valence-electron chi connectivity index (χ2n) is 2.36. The van der Waals surface area contributed by atoms with E-state index in [2.05, 4.69) is 6.58 Å². The van der Waals surface area contributed by atoms with Crippen LogP contribution in [0.4, 0.5) is 0 Å². The molecule has 0 saturated heterocycles. The van der Waals surface area contributed by atoms with Gasteiger partial charge in [0, 0.05) is 0 Å². The summed E-state index contributed by atoms with van der Waals surface area (Å²) >= 11 is 0. The van der Waals surface area contributed by atoms with Gasteiger partial charge in [0.05, 0.1) is 6.26 Å². The van der Waals surface area contributed by atoms with E-state index >= 15 is 0 Å². The van der Waals surface area contributed by atoms with Crippen LogP contribution in [0, 0.1) is 0 Å². The number of hydrogen-bond acceptors (Lipinski definition) is 1. The Bertz CT molecular complexity index is 249. The van der Waals surface area contributed by atoms with Crippen LogP contribution in [0.1, 0.15) is 5.56 Å². The quantitative estimate of drug-likeness (QED) is 0.486. The van der Waals surface area contributed by atoms with Crippen LogP contribution in [0.5, 0.6) is 0 Å². The van der Waals surface area contributed by atoms with Crippen molar-refractivity contribution in [3.05, 3.63) is 60.9 Å². The fourth-order valence-electron chi connectivity index (χ4n) is 0.830. The summed E-state index contributed by atoms with van der Waals surface area (Å²) in [7, 11) is 0. The van der Waals surface area contributed by atoms with E-state index < -0.39 is 0 Å². The fraction of sp³-hybridized carbons (Fsp3) is 0.0909. The monoisotopic (exact) mass is 160 g/mol. The van der Waals surface area contributed by atoms with Crippen molar-refractivity contribution >= 4 is 0 Å². The van der Waals surface area contributed by atoms with E-state index in [1.807, 2.05) is 30.3 Å². The lowest BCUT2D eigenvalue weighted by molar-refractivity contribution is 0.236. The zero-order valence-electron chi connectivity index (χ0n) is 6.94. The molecule has 0 aliphatic rings. The molecule has 0 radical (unpaired) electrons. The summed E-state index contributed by atoms with van der Waals surface area (Å²) in [4.78, 5) is 0. The molecule has 1 heteroatoms. The first kappa shape index (κ1) is 8.60. The van der Waals surface area contributed by atoms with Crippen LogP contribution in [-0.4, -0.2) is 0 Å². The molecular weight excluding hydrogens is 148 g/mol. The summed E-state index contributed by atoms with van der Waals surface area (Å²) in [6.45, 7) is 4.15. The topological polar surface area (TPSA) is 9.23 Å². The maximum absolute atomic E-state index is 5.21. The molecule has 0 N–H and O–H groups in total. The van der Waals surface area contributed by atoms with E-state index in [0.29, 0.717) is 6.61 Å². The Balaban J connectivity index is 2.33. The Hall–Kier alpha value is -1.50. The lowest BCUT2D eigenvalue weighted by Crippen LogP contribution is -1.84. The second kappa shape index (κ2) is 5.19. The lowest BCUT2D eigenvalue weighted by atomic mass is 10.2. The molecule has 0 fully saturated rings. The first-order valence-electron chi connectivity index (χ1n) is 3.86. The molecule has 1 aromatic rings. The number of rotatable bonds is 4. The molecule has 1 nitrogen and oxygen atoms in total. The highest BCUT2D eigenvalue weighted by molar-refractivity contribution is 5.13. The van der Waals surface area contributed by atoms with E-state index in [1.165, 1.54) is 5.56 Å². The highest BCUT2D eigenvalue weighted by Crippen LogP contribution is 2.00. The zero-order valence-corrected chi connectivity index (χ0v) is 6.94. The minimum atomic E-state index is 0.616. The zero-order chi connectivity index (χ0) is 8.65. The summed E-state index contributed by atoms with van der Waals surface area (Å²) in [5, 5.41) is 0. The van der Waals surface area contributed by atoms with Gasteiger partial charge in [0.15, 0.2) is 0 Å². The molecule has 0 spiro atoms. The number of benzene rings is 1. The van der Waals surface area contributed by atoms with Gasteiger partial charge in [-0.3, -0.25) is 0 Å². The third-order valence-corrected chi connectivity index (χ3v) is 1.40. The first-order valence-corrected chi connectivity index (χ1v) is 3.86. The highest BCUT2D eigenvalue weighted by Gasteiger charge is 1.86. The van der Waals surface area contributed by atoms with Crippen LogP contribution >= 0.6 is 0 Å². The summed E-state index contributed by atoms with van der Waals surface area (Å²) in [5.41, 5.74) is 1.17. The Morgan fingerprint density at radius 3 is 2.67 bits per heavy atom. The van der Waals surface area contributed by atoms with Crippen LogP contribution in [0.2, 0.25) is 0 Å². The van der Waals surface area contributed by atoms with Gasteiger partial charge in [-0.25, -0.2) is 0 Å². The van der Waals surface area contributed by atoms with E-state index in [1.54, 1.807) is 18.4 Å². The molecule has 0 saturated carbocycles. The van der Waals surface area contributed by atoms with Crippen LogP contribution in [0.25, 0.3) is 0 Å². The summed E-state index contributed by atoms with van der Waals surface area (Å²) in [6.07, 6.45) is 5.09. The van der Waals surface area contributed by atoms with Crippen LogP contribution in [0.3, 0.4) is 0 Å². The molecule has 0 amide bonds. The lowest BCUT2D eigenvalue weighted by Gasteiger charge is -1.98. The number of hydrogen-bond donors (Lipinski definition) is 0. The first-order chi connectivity index (χ1) is 5.93. The van der Waals surface area contributed by atoms with Crippen molar-refractivity contribution in [2.75, 3.05) is 0 Å². The fourth-order valence-corrected chi connectivity index (χ4v) is 0.830. The predicted molar refractivity (Wildman–Crippen MR) is 50.6 cm³/mol. The summed E-state index contributed by atoms with van der Waals surface area (Å²) < 4.78 is 5.21. The van der Waals surface area contributed by atoms with Gasteiger partial charge in [0.2, 0.25) is 0 Å². The van der Waals surface area contributed by atoms with E-state index in [4.69, 9.17) is 4.74 Å². The summed E-state index contributed by atoms with van der Waals surface area (Å²) in [5.74, 6) is 0.